The Hall–Kier alpha value is -0.340. The van der Waals surface area contributed by atoms with Crippen molar-refractivity contribution in [3.8, 4) is 0 Å². The van der Waals surface area contributed by atoms with Gasteiger partial charge in [-0.15, -0.1) is 0 Å². The molecular formula is C10H19NO. The molecule has 0 unspecified atom stereocenters. The Morgan fingerprint density at radius 2 is 2.08 bits per heavy atom. The maximum Gasteiger partial charge on any atom is 0.0683 e. The summed E-state index contributed by atoms with van der Waals surface area (Å²) in [4.78, 5) is 0. The van der Waals surface area contributed by atoms with Gasteiger partial charge in [-0.25, -0.2) is 0 Å². The number of hydrogen-bond acceptors (Lipinski definition) is 2. The average Bonchev–Trinajstić information content (AvgIpc) is 2.06. The minimum Gasteiger partial charge on any atom is -0.371 e. The Morgan fingerprint density at radius 3 is 2.67 bits per heavy atom. The molecule has 0 atom stereocenters. The zero-order valence-electron chi connectivity index (χ0n) is 8.10. The molecule has 0 bridgehead atoms. The van der Waals surface area contributed by atoms with E-state index in [0.717, 1.165) is 32.5 Å². The molecule has 1 aliphatic rings. The van der Waals surface area contributed by atoms with E-state index in [1.807, 2.05) is 13.0 Å². The second-order valence-corrected chi connectivity index (χ2v) is 3.58. The molecule has 0 saturated carbocycles. The summed E-state index contributed by atoms with van der Waals surface area (Å²) in [6, 6.07) is 0. The van der Waals surface area contributed by atoms with Gasteiger partial charge in [0.25, 0.3) is 0 Å². The molecule has 1 fully saturated rings. The Bertz CT molecular complexity index is 148. The van der Waals surface area contributed by atoms with E-state index in [-0.39, 0.29) is 5.60 Å². The Labute approximate surface area is 75.0 Å². The van der Waals surface area contributed by atoms with E-state index >= 15 is 0 Å². The van der Waals surface area contributed by atoms with E-state index in [4.69, 9.17) is 4.74 Å². The molecule has 1 aliphatic heterocycles. The van der Waals surface area contributed by atoms with Gasteiger partial charge in [-0.05, 0) is 39.8 Å². The van der Waals surface area contributed by atoms with Crippen molar-refractivity contribution in [2.75, 3.05) is 19.7 Å². The van der Waals surface area contributed by atoms with E-state index < -0.39 is 0 Å². The highest BCUT2D eigenvalue weighted by molar-refractivity contribution is 4.84. The Balaban J connectivity index is 2.26. The number of hydrogen-bond donors (Lipinski definition) is 1. The number of allylic oxidation sites excluding steroid dienone is 1. The monoisotopic (exact) mass is 169 g/mol. The molecule has 70 valence electrons. The number of ether oxygens (including phenoxy) is 1. The minimum atomic E-state index is 0.116. The first-order valence-electron chi connectivity index (χ1n) is 4.73. The summed E-state index contributed by atoms with van der Waals surface area (Å²) >= 11 is 0. The molecule has 0 radical (unpaired) electrons. The fourth-order valence-electron chi connectivity index (χ4n) is 1.45. The summed E-state index contributed by atoms with van der Waals surface area (Å²) in [7, 11) is 0. The van der Waals surface area contributed by atoms with Gasteiger partial charge in [0, 0.05) is 0 Å². The number of rotatable bonds is 3. The maximum absolute atomic E-state index is 5.78. The Kier molecular flexibility index (Phi) is 3.76. The van der Waals surface area contributed by atoms with Gasteiger partial charge in [-0.1, -0.05) is 12.2 Å². The normalized spacial score (nSPS) is 23.2. The van der Waals surface area contributed by atoms with Crippen LogP contribution in [-0.4, -0.2) is 25.3 Å². The molecule has 0 aromatic carbocycles. The van der Waals surface area contributed by atoms with Crippen molar-refractivity contribution >= 4 is 0 Å². The highest BCUT2D eigenvalue weighted by atomic mass is 16.5. The smallest absolute Gasteiger partial charge is 0.0683 e. The van der Waals surface area contributed by atoms with Crippen molar-refractivity contribution in [3.63, 3.8) is 0 Å². The van der Waals surface area contributed by atoms with Gasteiger partial charge in [-0.3, -0.25) is 0 Å². The second-order valence-electron chi connectivity index (χ2n) is 3.58. The first-order chi connectivity index (χ1) is 5.77. The maximum atomic E-state index is 5.78. The van der Waals surface area contributed by atoms with Crippen LogP contribution in [0, 0.1) is 0 Å². The highest BCUT2D eigenvalue weighted by Crippen LogP contribution is 2.21. The van der Waals surface area contributed by atoms with Crippen LogP contribution in [0.25, 0.3) is 0 Å². The highest BCUT2D eigenvalue weighted by Gasteiger charge is 2.26. The molecule has 0 aromatic rings. The zero-order valence-corrected chi connectivity index (χ0v) is 8.10. The van der Waals surface area contributed by atoms with Gasteiger partial charge < -0.3 is 10.1 Å². The molecule has 1 N–H and O–H groups in total. The molecule has 1 saturated heterocycles. The minimum absolute atomic E-state index is 0.116. The van der Waals surface area contributed by atoms with Crippen LogP contribution in [-0.2, 0) is 4.74 Å². The van der Waals surface area contributed by atoms with Crippen molar-refractivity contribution in [2.24, 2.45) is 0 Å². The van der Waals surface area contributed by atoms with Crippen LogP contribution in [0.5, 0.6) is 0 Å². The first-order valence-corrected chi connectivity index (χ1v) is 4.73. The van der Waals surface area contributed by atoms with Gasteiger partial charge in [0.1, 0.15) is 0 Å². The van der Waals surface area contributed by atoms with Gasteiger partial charge in [-0.2, -0.15) is 0 Å². The van der Waals surface area contributed by atoms with Crippen molar-refractivity contribution in [1.29, 1.82) is 0 Å². The standard InChI is InChI=1S/C10H19NO/c1-3-4-9-12-10(2)5-7-11-8-6-10/h3-4,11H,5-9H2,1-2H3/b4-3+. The Morgan fingerprint density at radius 1 is 1.42 bits per heavy atom. The first kappa shape index (κ1) is 9.75. The van der Waals surface area contributed by atoms with Crippen LogP contribution in [0.1, 0.15) is 26.7 Å². The van der Waals surface area contributed by atoms with E-state index in [0.29, 0.717) is 0 Å². The summed E-state index contributed by atoms with van der Waals surface area (Å²) in [6.07, 6.45) is 6.35. The number of nitrogens with one attached hydrogen (secondary N) is 1. The molecule has 2 nitrogen and oxygen atoms in total. The lowest BCUT2D eigenvalue weighted by molar-refractivity contribution is -0.0376. The average molecular weight is 169 g/mol. The third-order valence-corrected chi connectivity index (χ3v) is 2.42. The predicted molar refractivity (Wildman–Crippen MR) is 51.3 cm³/mol. The van der Waals surface area contributed by atoms with E-state index in [1.54, 1.807) is 0 Å². The predicted octanol–water partition coefficient (Wildman–Crippen LogP) is 1.72. The van der Waals surface area contributed by atoms with Gasteiger partial charge in [0.15, 0.2) is 0 Å². The fraction of sp³-hybridized carbons (Fsp3) is 0.800. The largest absolute Gasteiger partial charge is 0.371 e. The molecule has 2 heteroatoms. The van der Waals surface area contributed by atoms with Crippen LogP contribution in [0.15, 0.2) is 12.2 Å². The lowest BCUT2D eigenvalue weighted by Gasteiger charge is -2.33. The third kappa shape index (κ3) is 2.95. The van der Waals surface area contributed by atoms with E-state index in [1.165, 1.54) is 0 Å². The van der Waals surface area contributed by atoms with E-state index in [9.17, 15) is 0 Å². The molecule has 1 rings (SSSR count). The van der Waals surface area contributed by atoms with Gasteiger partial charge in [0.05, 0.1) is 12.2 Å². The molecule has 0 aliphatic carbocycles. The van der Waals surface area contributed by atoms with Crippen LogP contribution >= 0.6 is 0 Å². The summed E-state index contributed by atoms with van der Waals surface area (Å²) < 4.78 is 5.78. The summed E-state index contributed by atoms with van der Waals surface area (Å²) in [6.45, 7) is 7.16. The molecule has 0 amide bonds. The quantitative estimate of drug-likeness (QED) is 0.649. The van der Waals surface area contributed by atoms with Crippen LogP contribution in [0.3, 0.4) is 0 Å². The van der Waals surface area contributed by atoms with Gasteiger partial charge >= 0.3 is 0 Å². The van der Waals surface area contributed by atoms with E-state index in [2.05, 4.69) is 18.3 Å². The van der Waals surface area contributed by atoms with Crippen LogP contribution in [0.4, 0.5) is 0 Å². The van der Waals surface area contributed by atoms with Crippen molar-refractivity contribution in [3.05, 3.63) is 12.2 Å². The summed E-state index contributed by atoms with van der Waals surface area (Å²) in [5, 5.41) is 3.33. The van der Waals surface area contributed by atoms with Crippen molar-refractivity contribution in [2.45, 2.75) is 32.3 Å². The van der Waals surface area contributed by atoms with Crippen molar-refractivity contribution in [1.82, 2.24) is 5.32 Å². The van der Waals surface area contributed by atoms with Crippen LogP contribution < -0.4 is 5.32 Å². The molecule has 1 heterocycles. The summed E-state index contributed by atoms with van der Waals surface area (Å²) in [5.74, 6) is 0. The molecule has 0 spiro atoms. The lowest BCUT2D eigenvalue weighted by Crippen LogP contribution is -2.41. The molecule has 0 aromatic heterocycles. The van der Waals surface area contributed by atoms with Crippen molar-refractivity contribution < 1.29 is 4.74 Å². The lowest BCUT2D eigenvalue weighted by atomic mass is 9.95. The second kappa shape index (κ2) is 4.63. The summed E-state index contributed by atoms with van der Waals surface area (Å²) in [5.41, 5.74) is 0.116. The van der Waals surface area contributed by atoms with Gasteiger partial charge in [0.2, 0.25) is 0 Å². The zero-order chi connectivity index (χ0) is 8.86. The number of piperidine rings is 1. The fourth-order valence-corrected chi connectivity index (χ4v) is 1.45. The SMILES string of the molecule is C/C=C/COC1(C)CCNCC1. The van der Waals surface area contributed by atoms with Crippen LogP contribution in [0.2, 0.25) is 0 Å². The third-order valence-electron chi connectivity index (χ3n) is 2.42. The topological polar surface area (TPSA) is 21.3 Å². The molecular weight excluding hydrogens is 150 g/mol. The molecule has 12 heavy (non-hydrogen) atoms.